The second kappa shape index (κ2) is 10.2. The van der Waals surface area contributed by atoms with Crippen LogP contribution in [0.25, 0.3) is 22.2 Å². The Morgan fingerprint density at radius 2 is 1.86 bits per heavy atom. The molecular weight excluding hydrogens is 462 g/mol. The number of hydrogen-bond acceptors (Lipinski definition) is 6. The highest BCUT2D eigenvalue weighted by atomic mass is 35.5. The Kier molecular flexibility index (Phi) is 6.86. The number of aromatic nitrogens is 4. The van der Waals surface area contributed by atoms with Crippen molar-refractivity contribution in [3.8, 4) is 11.1 Å². The summed E-state index contributed by atoms with van der Waals surface area (Å²) in [6, 6.07) is 13.9. The van der Waals surface area contributed by atoms with E-state index in [1.165, 1.54) is 18.4 Å². The Morgan fingerprint density at radius 1 is 1.03 bits per heavy atom. The van der Waals surface area contributed by atoms with Gasteiger partial charge in [-0.15, -0.1) is 12.4 Å². The first kappa shape index (κ1) is 23.5. The Hall–Kier alpha value is -3.20. The molecular formula is C26H30ClN7O. The van der Waals surface area contributed by atoms with Crippen LogP contribution in [0.5, 0.6) is 0 Å². The summed E-state index contributed by atoms with van der Waals surface area (Å²) in [4.78, 5) is 27.5. The van der Waals surface area contributed by atoms with Crippen LogP contribution in [0.4, 0.5) is 11.8 Å². The minimum Gasteiger partial charge on any atom is -0.324 e. The van der Waals surface area contributed by atoms with Gasteiger partial charge in [-0.1, -0.05) is 6.07 Å². The van der Waals surface area contributed by atoms with Gasteiger partial charge >= 0.3 is 0 Å². The van der Waals surface area contributed by atoms with Crippen molar-refractivity contribution >= 4 is 35.2 Å². The number of rotatable bonds is 7. The standard InChI is InChI=1S/C26H29N7O.ClH/c34-25-15-21(6-10-33(25)17-18-1-2-18)20-3-4-22-23(14-20)30-26(29-22)31-24-13-19(5-7-28-24)16-32-11-8-27-9-12-32;/h3-7,10,13-15,18,27H,1-2,8-9,11-12,16-17H2,(H2,28,29,30,31);1H. The van der Waals surface area contributed by atoms with Crippen molar-refractivity contribution in [1.29, 1.82) is 0 Å². The second-order valence-electron chi connectivity index (χ2n) is 9.37. The lowest BCUT2D eigenvalue weighted by Crippen LogP contribution is -2.42. The number of piperazine rings is 1. The second-order valence-corrected chi connectivity index (χ2v) is 9.37. The zero-order valence-corrected chi connectivity index (χ0v) is 20.4. The molecule has 1 saturated carbocycles. The highest BCUT2D eigenvalue weighted by Gasteiger charge is 2.22. The van der Waals surface area contributed by atoms with E-state index in [0.29, 0.717) is 11.9 Å². The van der Waals surface area contributed by atoms with E-state index >= 15 is 0 Å². The Bertz CT molecular complexity index is 1370. The van der Waals surface area contributed by atoms with E-state index in [0.717, 1.165) is 67.2 Å². The van der Waals surface area contributed by atoms with Gasteiger partial charge in [0, 0.05) is 57.7 Å². The van der Waals surface area contributed by atoms with Crippen LogP contribution >= 0.6 is 12.4 Å². The summed E-state index contributed by atoms with van der Waals surface area (Å²) in [5, 5.41) is 6.70. The predicted molar refractivity (Wildman–Crippen MR) is 141 cm³/mol. The van der Waals surface area contributed by atoms with Crippen molar-refractivity contribution in [2.75, 3.05) is 31.5 Å². The van der Waals surface area contributed by atoms with Crippen LogP contribution in [0.1, 0.15) is 18.4 Å². The van der Waals surface area contributed by atoms with E-state index in [1.54, 1.807) is 6.07 Å². The summed E-state index contributed by atoms with van der Waals surface area (Å²) >= 11 is 0. The highest BCUT2D eigenvalue weighted by molar-refractivity contribution is 5.85. The number of H-pyrrole nitrogens is 1. The third-order valence-electron chi connectivity index (χ3n) is 6.65. The minimum absolute atomic E-state index is 0. The summed E-state index contributed by atoms with van der Waals surface area (Å²) in [6.07, 6.45) is 6.22. The monoisotopic (exact) mass is 491 g/mol. The summed E-state index contributed by atoms with van der Waals surface area (Å²) in [6.45, 7) is 5.95. The molecule has 1 aromatic carbocycles. The van der Waals surface area contributed by atoms with E-state index in [4.69, 9.17) is 0 Å². The van der Waals surface area contributed by atoms with Crippen molar-refractivity contribution in [3.05, 3.63) is 70.8 Å². The van der Waals surface area contributed by atoms with Gasteiger partial charge in [-0.2, -0.15) is 0 Å². The molecule has 0 atom stereocenters. The fourth-order valence-electron chi connectivity index (χ4n) is 4.55. The van der Waals surface area contributed by atoms with Gasteiger partial charge in [0.25, 0.3) is 5.56 Å². The molecule has 9 heteroatoms. The van der Waals surface area contributed by atoms with Crippen molar-refractivity contribution < 1.29 is 0 Å². The van der Waals surface area contributed by atoms with Crippen LogP contribution in [-0.2, 0) is 13.1 Å². The molecule has 4 heterocycles. The Labute approximate surface area is 210 Å². The molecule has 3 aromatic heterocycles. The quantitative estimate of drug-likeness (QED) is 0.364. The summed E-state index contributed by atoms with van der Waals surface area (Å²) in [5.74, 6) is 2.10. The lowest BCUT2D eigenvalue weighted by Gasteiger charge is -2.27. The molecule has 0 radical (unpaired) electrons. The molecule has 35 heavy (non-hydrogen) atoms. The van der Waals surface area contributed by atoms with Gasteiger partial charge in [0.2, 0.25) is 5.95 Å². The maximum atomic E-state index is 12.5. The van der Waals surface area contributed by atoms with Crippen LogP contribution in [0.3, 0.4) is 0 Å². The number of fused-ring (bicyclic) bond motifs is 1. The van der Waals surface area contributed by atoms with Crippen LogP contribution < -0.4 is 16.2 Å². The lowest BCUT2D eigenvalue weighted by molar-refractivity contribution is 0.233. The first-order valence-corrected chi connectivity index (χ1v) is 12.1. The molecule has 6 rings (SSSR count). The van der Waals surface area contributed by atoms with E-state index in [9.17, 15) is 4.79 Å². The molecule has 8 nitrogen and oxygen atoms in total. The smallest absolute Gasteiger partial charge is 0.251 e. The number of halogens is 1. The average molecular weight is 492 g/mol. The molecule has 4 aromatic rings. The molecule has 0 unspecified atom stereocenters. The molecule has 0 amide bonds. The maximum Gasteiger partial charge on any atom is 0.251 e. The van der Waals surface area contributed by atoms with Crippen molar-refractivity contribution in [2.24, 2.45) is 5.92 Å². The normalized spacial score (nSPS) is 16.2. The zero-order chi connectivity index (χ0) is 22.9. The van der Waals surface area contributed by atoms with Gasteiger partial charge in [0.15, 0.2) is 0 Å². The van der Waals surface area contributed by atoms with Gasteiger partial charge in [0.05, 0.1) is 11.0 Å². The van der Waals surface area contributed by atoms with Gasteiger partial charge in [-0.05, 0) is 65.8 Å². The van der Waals surface area contributed by atoms with Gasteiger partial charge in [-0.3, -0.25) is 9.69 Å². The molecule has 182 valence electrons. The van der Waals surface area contributed by atoms with Gasteiger partial charge in [0.1, 0.15) is 5.82 Å². The maximum absolute atomic E-state index is 12.5. The fraction of sp³-hybridized carbons (Fsp3) is 0.346. The van der Waals surface area contributed by atoms with Crippen LogP contribution in [0.15, 0.2) is 59.7 Å². The lowest BCUT2D eigenvalue weighted by atomic mass is 10.1. The number of nitrogens with zero attached hydrogens (tertiary/aromatic N) is 4. The molecule has 2 aliphatic rings. The number of pyridine rings is 2. The number of nitrogens with one attached hydrogen (secondary N) is 3. The van der Waals surface area contributed by atoms with Crippen molar-refractivity contribution in [2.45, 2.75) is 25.9 Å². The fourth-order valence-corrected chi connectivity index (χ4v) is 4.55. The van der Waals surface area contributed by atoms with Gasteiger partial charge < -0.3 is 20.2 Å². The van der Waals surface area contributed by atoms with Crippen molar-refractivity contribution in [3.63, 3.8) is 0 Å². The first-order valence-electron chi connectivity index (χ1n) is 12.1. The van der Waals surface area contributed by atoms with Gasteiger partial charge in [-0.25, -0.2) is 9.97 Å². The zero-order valence-electron chi connectivity index (χ0n) is 19.5. The number of benzene rings is 1. The Morgan fingerprint density at radius 3 is 2.66 bits per heavy atom. The molecule has 0 bridgehead atoms. The van der Waals surface area contributed by atoms with Crippen LogP contribution in [0.2, 0.25) is 0 Å². The number of hydrogen-bond donors (Lipinski definition) is 3. The van der Waals surface area contributed by atoms with E-state index < -0.39 is 0 Å². The largest absolute Gasteiger partial charge is 0.324 e. The third-order valence-corrected chi connectivity index (χ3v) is 6.65. The average Bonchev–Trinajstić information content (AvgIpc) is 3.58. The number of anilines is 2. The van der Waals surface area contributed by atoms with E-state index in [2.05, 4.69) is 42.6 Å². The first-order chi connectivity index (χ1) is 16.7. The van der Waals surface area contributed by atoms with E-state index in [1.807, 2.05) is 41.2 Å². The minimum atomic E-state index is 0. The SMILES string of the molecule is Cl.O=c1cc(-c2ccc3nc(Nc4cc(CN5CCNCC5)ccn4)[nH]c3c2)ccn1CC1CC1. The molecule has 1 saturated heterocycles. The molecule has 1 aliphatic carbocycles. The van der Waals surface area contributed by atoms with Crippen molar-refractivity contribution in [1.82, 2.24) is 29.7 Å². The molecule has 0 spiro atoms. The summed E-state index contributed by atoms with van der Waals surface area (Å²) in [7, 11) is 0. The molecule has 1 aliphatic heterocycles. The Balaban J connectivity index is 0.00000253. The summed E-state index contributed by atoms with van der Waals surface area (Å²) < 4.78 is 1.82. The predicted octanol–water partition coefficient (Wildman–Crippen LogP) is 3.77. The van der Waals surface area contributed by atoms with E-state index in [-0.39, 0.29) is 18.0 Å². The van der Waals surface area contributed by atoms with Crippen LogP contribution in [-0.4, -0.2) is 50.6 Å². The summed E-state index contributed by atoms with van der Waals surface area (Å²) in [5.41, 5.74) is 4.99. The topological polar surface area (TPSA) is 90.9 Å². The number of aromatic amines is 1. The molecule has 3 N–H and O–H groups in total. The highest BCUT2D eigenvalue weighted by Crippen LogP contribution is 2.30. The number of imidazole rings is 1. The van der Waals surface area contributed by atoms with Crippen LogP contribution in [0, 0.1) is 5.92 Å². The molecule has 2 fully saturated rings. The third kappa shape index (κ3) is 5.56.